The van der Waals surface area contributed by atoms with Gasteiger partial charge in [-0.25, -0.2) is 0 Å². The van der Waals surface area contributed by atoms with Crippen LogP contribution in [-0.2, 0) is 6.42 Å². The average molecular weight is 675 g/mol. The lowest BCUT2D eigenvalue weighted by Crippen LogP contribution is -2.57. The van der Waals surface area contributed by atoms with E-state index < -0.39 is 0 Å². The molecule has 0 fully saturated rings. The monoisotopic (exact) mass is 674 g/mol. The molecule has 1 aliphatic carbocycles. The van der Waals surface area contributed by atoms with Gasteiger partial charge in [0.05, 0.1) is 11.0 Å². The average Bonchev–Trinajstić information content (AvgIpc) is 3.58. The van der Waals surface area contributed by atoms with E-state index >= 15 is 0 Å². The molecule has 1 unspecified atom stereocenters. The number of hydrogen-bond acceptors (Lipinski definition) is 1. The van der Waals surface area contributed by atoms with Crippen LogP contribution in [0.5, 0.6) is 0 Å². The van der Waals surface area contributed by atoms with Gasteiger partial charge in [0.15, 0.2) is 0 Å². The van der Waals surface area contributed by atoms with Crippen LogP contribution in [0.4, 0.5) is 17.1 Å². The summed E-state index contributed by atoms with van der Waals surface area (Å²) in [5.41, 5.74) is 18.1. The van der Waals surface area contributed by atoms with Gasteiger partial charge in [-0.3, -0.25) is 0 Å². The van der Waals surface area contributed by atoms with Crippen molar-refractivity contribution < 1.29 is 0 Å². The molecule has 3 heteroatoms. The van der Waals surface area contributed by atoms with Gasteiger partial charge in [-0.2, -0.15) is 0 Å². The number of hydrogen-bond donors (Lipinski definition) is 0. The molecular weight excluding hydrogens is 639 g/mol. The van der Waals surface area contributed by atoms with Crippen molar-refractivity contribution in [3.63, 3.8) is 0 Å². The molecular formula is C50H35BN2. The van der Waals surface area contributed by atoms with Gasteiger partial charge in [-0.15, -0.1) is 0 Å². The molecule has 2 heterocycles. The van der Waals surface area contributed by atoms with Crippen LogP contribution in [0.2, 0.25) is 0 Å². The fourth-order valence-corrected chi connectivity index (χ4v) is 9.40. The van der Waals surface area contributed by atoms with Crippen molar-refractivity contribution in [2.75, 3.05) is 4.90 Å². The van der Waals surface area contributed by atoms with Crippen molar-refractivity contribution >= 4 is 62.0 Å². The van der Waals surface area contributed by atoms with Crippen LogP contribution >= 0.6 is 0 Å². The molecule has 0 radical (unpaired) electrons. The molecule has 53 heavy (non-hydrogen) atoms. The van der Waals surface area contributed by atoms with Crippen LogP contribution in [0.3, 0.4) is 0 Å². The molecule has 0 bridgehead atoms. The summed E-state index contributed by atoms with van der Waals surface area (Å²) in [7, 11) is 0. The maximum absolute atomic E-state index is 2.56. The second kappa shape index (κ2) is 12.0. The Morgan fingerprint density at radius 3 is 2.00 bits per heavy atom. The van der Waals surface area contributed by atoms with E-state index in [2.05, 4.69) is 204 Å². The van der Waals surface area contributed by atoms with E-state index in [0.29, 0.717) is 0 Å². The Bertz CT molecular complexity index is 2820. The first-order valence-corrected chi connectivity index (χ1v) is 18.7. The molecule has 1 atom stereocenters. The van der Waals surface area contributed by atoms with Gasteiger partial charge in [0, 0.05) is 39.4 Å². The van der Waals surface area contributed by atoms with Crippen molar-refractivity contribution in [2.24, 2.45) is 0 Å². The highest BCUT2D eigenvalue weighted by Gasteiger charge is 2.36. The van der Waals surface area contributed by atoms with E-state index in [0.717, 1.165) is 12.1 Å². The largest absolute Gasteiger partial charge is 0.311 e. The summed E-state index contributed by atoms with van der Waals surface area (Å²) in [5.74, 6) is 0.275. The van der Waals surface area contributed by atoms with E-state index in [1.807, 2.05) is 0 Å². The zero-order valence-corrected chi connectivity index (χ0v) is 29.2. The first kappa shape index (κ1) is 30.1. The van der Waals surface area contributed by atoms with Crippen molar-refractivity contribution in [1.82, 2.24) is 4.57 Å². The summed E-state index contributed by atoms with van der Waals surface area (Å²) in [5, 5.41) is 2.58. The summed E-state index contributed by atoms with van der Waals surface area (Å²) >= 11 is 0. The SMILES string of the molecule is c1ccc(B2c3ccccc3N(c3ccccc3)c3cc(-n4c5ccccc5c5ccc6c(c54)CC(c4ccccc4)c4ccccc4-6)ccc32)cc1. The topological polar surface area (TPSA) is 8.17 Å². The summed E-state index contributed by atoms with van der Waals surface area (Å²) in [6.45, 7) is 0.116. The van der Waals surface area contributed by atoms with Crippen LogP contribution in [0.25, 0.3) is 38.6 Å². The molecule has 0 saturated carbocycles. The van der Waals surface area contributed by atoms with Gasteiger partial charge in [-0.05, 0) is 81.6 Å². The van der Waals surface area contributed by atoms with Crippen molar-refractivity contribution in [1.29, 1.82) is 0 Å². The van der Waals surface area contributed by atoms with E-state index in [1.165, 1.54) is 83.1 Å². The molecule has 2 aliphatic rings. The number of aromatic nitrogens is 1. The molecule has 9 aromatic rings. The number of benzene rings is 8. The predicted molar refractivity (Wildman–Crippen MR) is 224 cm³/mol. The highest BCUT2D eigenvalue weighted by molar-refractivity contribution is 6.98. The third kappa shape index (κ3) is 4.60. The van der Waals surface area contributed by atoms with Gasteiger partial charge in [0.2, 0.25) is 6.71 Å². The zero-order chi connectivity index (χ0) is 34.9. The van der Waals surface area contributed by atoms with Gasteiger partial charge in [0.25, 0.3) is 0 Å². The number of rotatable bonds is 4. The molecule has 248 valence electrons. The Morgan fingerprint density at radius 2 is 1.15 bits per heavy atom. The highest BCUT2D eigenvalue weighted by Crippen LogP contribution is 2.47. The van der Waals surface area contributed by atoms with Crippen LogP contribution in [0.1, 0.15) is 22.6 Å². The van der Waals surface area contributed by atoms with Crippen LogP contribution in [-0.4, -0.2) is 11.3 Å². The molecule has 8 aromatic carbocycles. The van der Waals surface area contributed by atoms with E-state index in [1.54, 1.807) is 0 Å². The lowest BCUT2D eigenvalue weighted by Gasteiger charge is -2.37. The van der Waals surface area contributed by atoms with Crippen molar-refractivity contribution in [3.8, 4) is 16.8 Å². The Balaban J connectivity index is 1.20. The van der Waals surface area contributed by atoms with E-state index in [-0.39, 0.29) is 12.6 Å². The first-order valence-electron chi connectivity index (χ1n) is 18.7. The molecule has 0 N–H and O–H groups in total. The van der Waals surface area contributed by atoms with Gasteiger partial charge >= 0.3 is 0 Å². The summed E-state index contributed by atoms with van der Waals surface area (Å²) in [6.07, 6.45) is 0.939. The normalized spacial score (nSPS) is 14.5. The standard InChI is InChI=1S/C50H35BN2/c1-4-16-34(17-5-1)43-33-44-40(38-22-10-11-23-39(38)43)29-30-42-41-24-12-14-26-47(41)53(50(42)44)37-28-31-46-49(32-37)52(36-20-8-3-9-21-36)48-27-15-13-25-45(48)51(46)35-18-6-2-7-19-35/h1-32,43H,33H2. The zero-order valence-electron chi connectivity index (χ0n) is 29.2. The molecule has 0 amide bonds. The number of anilines is 3. The minimum absolute atomic E-state index is 0.116. The second-order valence-electron chi connectivity index (χ2n) is 14.4. The Labute approximate surface area is 310 Å². The first-order chi connectivity index (χ1) is 26.3. The van der Waals surface area contributed by atoms with Crippen molar-refractivity contribution in [3.05, 3.63) is 211 Å². The Morgan fingerprint density at radius 1 is 0.472 bits per heavy atom. The maximum Gasteiger partial charge on any atom is 0.246 e. The maximum atomic E-state index is 2.56. The molecule has 11 rings (SSSR count). The van der Waals surface area contributed by atoms with Gasteiger partial charge in [-0.1, -0.05) is 163 Å². The fraction of sp³-hybridized carbons (Fsp3) is 0.0400. The lowest BCUT2D eigenvalue weighted by atomic mass is 9.35. The molecule has 0 spiro atoms. The highest BCUT2D eigenvalue weighted by atomic mass is 15.2. The number of para-hydroxylation sites is 3. The minimum atomic E-state index is 0.116. The molecule has 0 saturated heterocycles. The quantitative estimate of drug-likeness (QED) is 0.169. The Kier molecular flexibility index (Phi) is 6.81. The lowest BCUT2D eigenvalue weighted by molar-refractivity contribution is 0.796. The number of fused-ring (bicyclic) bond motifs is 9. The van der Waals surface area contributed by atoms with Gasteiger partial charge in [0.1, 0.15) is 0 Å². The summed E-state index contributed by atoms with van der Waals surface area (Å²) in [4.78, 5) is 2.47. The third-order valence-corrected chi connectivity index (χ3v) is 11.6. The summed E-state index contributed by atoms with van der Waals surface area (Å²) in [6, 6.07) is 71.8. The van der Waals surface area contributed by atoms with Crippen molar-refractivity contribution in [2.45, 2.75) is 12.3 Å². The number of nitrogens with zero attached hydrogens (tertiary/aromatic N) is 2. The van der Waals surface area contributed by atoms with Crippen LogP contribution in [0, 0.1) is 0 Å². The second-order valence-corrected chi connectivity index (χ2v) is 14.4. The minimum Gasteiger partial charge on any atom is -0.311 e. The van der Waals surface area contributed by atoms with Crippen LogP contribution in [0.15, 0.2) is 194 Å². The molecule has 2 nitrogen and oxygen atoms in total. The van der Waals surface area contributed by atoms with E-state index in [9.17, 15) is 0 Å². The van der Waals surface area contributed by atoms with Gasteiger partial charge < -0.3 is 9.47 Å². The fourth-order valence-electron chi connectivity index (χ4n) is 9.40. The van der Waals surface area contributed by atoms with Crippen LogP contribution < -0.4 is 21.3 Å². The predicted octanol–water partition coefficient (Wildman–Crippen LogP) is 10.4. The Hall–Kier alpha value is -6.58. The molecule has 1 aliphatic heterocycles. The third-order valence-electron chi connectivity index (χ3n) is 11.6. The molecule has 1 aromatic heterocycles. The van der Waals surface area contributed by atoms with E-state index in [4.69, 9.17) is 0 Å². The smallest absolute Gasteiger partial charge is 0.246 e. The summed E-state index contributed by atoms with van der Waals surface area (Å²) < 4.78 is 2.56.